The first-order valence-corrected chi connectivity index (χ1v) is 9.34. The number of ketones is 1. The standard InChI is InChI=1S/C22H22ClNO3/c1-4-18-19-13-17(27-3)10-12-21(19)24(20(18)11-5-14(2)25)22(26)15-6-8-16(23)9-7-15/h6-10,12-13H,4-5,11H2,1-3H3. The molecule has 0 saturated carbocycles. The molecule has 1 aromatic heterocycles. The Morgan fingerprint density at radius 1 is 1.11 bits per heavy atom. The van der Waals surface area contributed by atoms with Crippen molar-refractivity contribution in [3.05, 3.63) is 64.3 Å². The third kappa shape index (κ3) is 3.76. The normalized spacial score (nSPS) is 11.0. The largest absolute Gasteiger partial charge is 0.497 e. The summed E-state index contributed by atoms with van der Waals surface area (Å²) in [4.78, 5) is 24.9. The van der Waals surface area contributed by atoms with Crippen LogP contribution in [0.25, 0.3) is 10.9 Å². The van der Waals surface area contributed by atoms with Crippen molar-refractivity contribution in [1.82, 2.24) is 4.57 Å². The van der Waals surface area contributed by atoms with Crippen molar-refractivity contribution >= 4 is 34.2 Å². The van der Waals surface area contributed by atoms with Gasteiger partial charge in [0.05, 0.1) is 12.6 Å². The van der Waals surface area contributed by atoms with E-state index < -0.39 is 0 Å². The second-order valence-electron chi connectivity index (χ2n) is 6.51. The molecule has 0 N–H and O–H groups in total. The van der Waals surface area contributed by atoms with Crippen molar-refractivity contribution in [2.75, 3.05) is 7.11 Å². The van der Waals surface area contributed by atoms with E-state index in [1.807, 2.05) is 18.2 Å². The van der Waals surface area contributed by atoms with Gasteiger partial charge in [0.2, 0.25) is 0 Å². The van der Waals surface area contributed by atoms with Crippen molar-refractivity contribution in [1.29, 1.82) is 0 Å². The summed E-state index contributed by atoms with van der Waals surface area (Å²) in [6.45, 7) is 3.63. The highest BCUT2D eigenvalue weighted by Gasteiger charge is 2.22. The number of ether oxygens (including phenoxy) is 1. The molecule has 0 aliphatic rings. The number of hydrogen-bond donors (Lipinski definition) is 0. The lowest BCUT2D eigenvalue weighted by Gasteiger charge is -2.11. The summed E-state index contributed by atoms with van der Waals surface area (Å²) in [5.74, 6) is 0.719. The molecule has 0 saturated heterocycles. The number of aryl methyl sites for hydroxylation is 1. The molecule has 3 rings (SSSR count). The minimum atomic E-state index is -0.125. The van der Waals surface area contributed by atoms with E-state index in [9.17, 15) is 9.59 Å². The number of benzene rings is 2. The van der Waals surface area contributed by atoms with Crippen LogP contribution in [0.2, 0.25) is 5.02 Å². The monoisotopic (exact) mass is 383 g/mol. The first-order valence-electron chi connectivity index (χ1n) is 8.96. The maximum Gasteiger partial charge on any atom is 0.262 e. The average Bonchev–Trinajstić information content (AvgIpc) is 2.98. The number of halogens is 1. The number of rotatable bonds is 6. The number of fused-ring (bicyclic) bond motifs is 1. The fourth-order valence-electron chi connectivity index (χ4n) is 3.42. The highest BCUT2D eigenvalue weighted by atomic mass is 35.5. The predicted octanol–water partition coefficient (Wildman–Crippen LogP) is 5.08. The van der Waals surface area contributed by atoms with Gasteiger partial charge in [-0.05, 0) is 67.8 Å². The number of methoxy groups -OCH3 is 1. The lowest BCUT2D eigenvalue weighted by Crippen LogP contribution is -2.16. The minimum absolute atomic E-state index is 0.102. The Morgan fingerprint density at radius 3 is 2.41 bits per heavy atom. The van der Waals surface area contributed by atoms with Crippen LogP contribution in [-0.4, -0.2) is 23.4 Å². The highest BCUT2D eigenvalue weighted by molar-refractivity contribution is 6.30. The smallest absolute Gasteiger partial charge is 0.262 e. The van der Waals surface area contributed by atoms with Crippen LogP contribution in [0.4, 0.5) is 0 Å². The number of carbonyl (C=O) groups excluding carboxylic acids is 2. The summed E-state index contributed by atoms with van der Waals surface area (Å²) in [6, 6.07) is 12.6. The Balaban J connectivity index is 2.24. The fraction of sp³-hybridized carbons (Fsp3) is 0.273. The summed E-state index contributed by atoms with van der Waals surface area (Å²) in [7, 11) is 1.62. The molecule has 0 bridgehead atoms. The Kier molecular flexibility index (Phi) is 5.66. The second kappa shape index (κ2) is 7.97. The van der Waals surface area contributed by atoms with Gasteiger partial charge in [0, 0.05) is 28.1 Å². The zero-order valence-corrected chi connectivity index (χ0v) is 16.5. The van der Waals surface area contributed by atoms with Gasteiger partial charge in [-0.1, -0.05) is 18.5 Å². The lowest BCUT2D eigenvalue weighted by molar-refractivity contribution is -0.117. The first-order chi connectivity index (χ1) is 13.0. The van der Waals surface area contributed by atoms with Gasteiger partial charge in [-0.3, -0.25) is 9.36 Å². The maximum absolute atomic E-state index is 13.3. The summed E-state index contributed by atoms with van der Waals surface area (Å²) in [5, 5.41) is 1.57. The molecule has 2 aromatic carbocycles. The van der Waals surface area contributed by atoms with Gasteiger partial charge < -0.3 is 9.53 Å². The van der Waals surface area contributed by atoms with E-state index in [0.29, 0.717) is 23.4 Å². The number of nitrogens with zero attached hydrogens (tertiary/aromatic N) is 1. The molecular formula is C22H22ClNO3. The van der Waals surface area contributed by atoms with Crippen LogP contribution >= 0.6 is 11.6 Å². The van der Waals surface area contributed by atoms with Crippen molar-refractivity contribution in [3.63, 3.8) is 0 Å². The molecular weight excluding hydrogens is 362 g/mol. The van der Waals surface area contributed by atoms with Crippen LogP contribution < -0.4 is 4.74 Å². The maximum atomic E-state index is 13.3. The van der Waals surface area contributed by atoms with Gasteiger partial charge >= 0.3 is 0 Å². The predicted molar refractivity (Wildman–Crippen MR) is 108 cm³/mol. The summed E-state index contributed by atoms with van der Waals surface area (Å²) in [6.07, 6.45) is 1.68. The molecule has 0 aliphatic carbocycles. The SMILES string of the molecule is CCc1c(CCC(C)=O)n(C(=O)c2ccc(Cl)cc2)c2ccc(OC)cc12. The van der Waals surface area contributed by atoms with Gasteiger partial charge in [0.15, 0.2) is 0 Å². The van der Waals surface area contributed by atoms with E-state index in [1.165, 1.54) is 0 Å². The van der Waals surface area contributed by atoms with Gasteiger partial charge in [0.1, 0.15) is 11.5 Å². The van der Waals surface area contributed by atoms with Crippen LogP contribution in [-0.2, 0) is 17.6 Å². The molecule has 5 heteroatoms. The van der Waals surface area contributed by atoms with Crippen LogP contribution in [0.5, 0.6) is 5.75 Å². The molecule has 0 radical (unpaired) electrons. The molecule has 0 unspecified atom stereocenters. The van der Waals surface area contributed by atoms with E-state index in [1.54, 1.807) is 42.9 Å². The Labute approximate surface area is 163 Å². The third-order valence-corrected chi connectivity index (χ3v) is 5.00. The lowest BCUT2D eigenvalue weighted by atomic mass is 10.0. The van der Waals surface area contributed by atoms with Gasteiger partial charge in [-0.15, -0.1) is 0 Å². The zero-order valence-electron chi connectivity index (χ0n) is 15.7. The van der Waals surface area contributed by atoms with E-state index >= 15 is 0 Å². The summed E-state index contributed by atoms with van der Waals surface area (Å²) < 4.78 is 7.10. The van der Waals surface area contributed by atoms with Crippen molar-refractivity contribution in [3.8, 4) is 5.75 Å². The zero-order chi connectivity index (χ0) is 19.6. The summed E-state index contributed by atoms with van der Waals surface area (Å²) in [5.41, 5.74) is 3.34. The Bertz CT molecular complexity index is 1000. The molecule has 1 heterocycles. The quantitative estimate of drug-likeness (QED) is 0.596. The summed E-state index contributed by atoms with van der Waals surface area (Å²) >= 11 is 5.96. The van der Waals surface area contributed by atoms with E-state index in [2.05, 4.69) is 6.92 Å². The Morgan fingerprint density at radius 2 is 1.81 bits per heavy atom. The molecule has 140 valence electrons. The average molecular weight is 384 g/mol. The molecule has 0 atom stereocenters. The van der Waals surface area contributed by atoms with Crippen LogP contribution in [0.1, 0.15) is 41.9 Å². The van der Waals surface area contributed by atoms with Crippen molar-refractivity contribution < 1.29 is 14.3 Å². The third-order valence-electron chi connectivity index (χ3n) is 4.75. The number of hydrogen-bond acceptors (Lipinski definition) is 3. The van der Waals surface area contributed by atoms with Gasteiger partial charge in [-0.25, -0.2) is 0 Å². The Hall–Kier alpha value is -2.59. The van der Waals surface area contributed by atoms with Gasteiger partial charge in [0.25, 0.3) is 5.91 Å². The minimum Gasteiger partial charge on any atom is -0.497 e. The molecule has 0 amide bonds. The first kappa shape index (κ1) is 19.2. The van der Waals surface area contributed by atoms with Gasteiger partial charge in [-0.2, -0.15) is 0 Å². The van der Waals surface area contributed by atoms with Crippen molar-refractivity contribution in [2.45, 2.75) is 33.1 Å². The molecule has 3 aromatic rings. The molecule has 0 aliphatic heterocycles. The van der Waals surface area contributed by atoms with E-state index in [0.717, 1.165) is 34.3 Å². The van der Waals surface area contributed by atoms with Crippen LogP contribution in [0.15, 0.2) is 42.5 Å². The molecule has 27 heavy (non-hydrogen) atoms. The molecule has 0 spiro atoms. The molecule has 4 nitrogen and oxygen atoms in total. The highest BCUT2D eigenvalue weighted by Crippen LogP contribution is 2.32. The van der Waals surface area contributed by atoms with Crippen LogP contribution in [0, 0.1) is 0 Å². The topological polar surface area (TPSA) is 48.3 Å². The number of carbonyl (C=O) groups is 2. The van der Waals surface area contributed by atoms with E-state index in [4.69, 9.17) is 16.3 Å². The van der Waals surface area contributed by atoms with Crippen LogP contribution in [0.3, 0.4) is 0 Å². The number of Topliss-reactive ketones (excluding diaryl/α,β-unsaturated/α-hetero) is 1. The van der Waals surface area contributed by atoms with Crippen molar-refractivity contribution in [2.24, 2.45) is 0 Å². The molecule has 0 fully saturated rings. The number of aromatic nitrogens is 1. The second-order valence-corrected chi connectivity index (χ2v) is 6.95. The van der Waals surface area contributed by atoms with E-state index in [-0.39, 0.29) is 11.7 Å². The fourth-order valence-corrected chi connectivity index (χ4v) is 3.55.